The highest BCUT2D eigenvalue weighted by Gasteiger charge is 2.15. The molecule has 13 heavy (non-hydrogen) atoms. The lowest BCUT2D eigenvalue weighted by Crippen LogP contribution is -2.09. The van der Waals surface area contributed by atoms with Crippen LogP contribution in [0.1, 0.15) is 39.0 Å². The molecule has 0 aliphatic heterocycles. The van der Waals surface area contributed by atoms with Gasteiger partial charge >= 0.3 is 5.97 Å². The maximum atomic E-state index is 11.0. The first-order valence-electron chi connectivity index (χ1n) is 5.00. The second kappa shape index (κ2) is 5.05. The Morgan fingerprint density at radius 1 is 1.31 bits per heavy atom. The van der Waals surface area contributed by atoms with Gasteiger partial charge in [-0.2, -0.15) is 0 Å². The minimum atomic E-state index is -0.219. The molecule has 0 N–H and O–H groups in total. The topological polar surface area (TPSA) is 26.3 Å². The van der Waals surface area contributed by atoms with E-state index in [4.69, 9.17) is 0 Å². The zero-order chi connectivity index (χ0) is 9.68. The van der Waals surface area contributed by atoms with Gasteiger partial charge in [0.05, 0.1) is 7.11 Å². The predicted molar refractivity (Wildman–Crippen MR) is 52.3 cm³/mol. The normalized spacial score (nSPS) is 20.0. The molecule has 0 bridgehead atoms. The molecule has 0 spiro atoms. The minimum absolute atomic E-state index is 0.219. The van der Waals surface area contributed by atoms with Crippen LogP contribution < -0.4 is 0 Å². The van der Waals surface area contributed by atoms with Gasteiger partial charge in [-0.3, -0.25) is 0 Å². The summed E-state index contributed by atoms with van der Waals surface area (Å²) in [7, 11) is 1.42. The van der Waals surface area contributed by atoms with Crippen molar-refractivity contribution in [1.29, 1.82) is 0 Å². The van der Waals surface area contributed by atoms with Crippen LogP contribution in [0, 0.1) is 5.92 Å². The van der Waals surface area contributed by atoms with E-state index in [2.05, 4.69) is 4.74 Å². The fourth-order valence-electron chi connectivity index (χ4n) is 1.92. The van der Waals surface area contributed by atoms with E-state index in [1.165, 1.54) is 44.8 Å². The molecule has 0 heterocycles. The average Bonchev–Trinajstić information content (AvgIpc) is 2.19. The van der Waals surface area contributed by atoms with Gasteiger partial charge in [0.15, 0.2) is 0 Å². The zero-order valence-corrected chi connectivity index (χ0v) is 8.51. The van der Waals surface area contributed by atoms with Crippen molar-refractivity contribution in [2.45, 2.75) is 39.0 Å². The molecule has 0 aromatic carbocycles. The van der Waals surface area contributed by atoms with E-state index in [0.717, 1.165) is 0 Å². The smallest absolute Gasteiger partial charge is 0.330 e. The van der Waals surface area contributed by atoms with E-state index < -0.39 is 0 Å². The van der Waals surface area contributed by atoms with Crippen LogP contribution in [0.25, 0.3) is 0 Å². The summed E-state index contributed by atoms with van der Waals surface area (Å²) in [5.41, 5.74) is 1.19. The van der Waals surface area contributed by atoms with Crippen molar-refractivity contribution < 1.29 is 9.53 Å². The Morgan fingerprint density at radius 3 is 2.46 bits per heavy atom. The number of carbonyl (C=O) groups excluding carboxylic acids is 1. The second-order valence-electron chi connectivity index (χ2n) is 3.75. The summed E-state index contributed by atoms with van der Waals surface area (Å²) >= 11 is 0. The fraction of sp³-hybridized carbons (Fsp3) is 0.727. The Bertz CT molecular complexity index is 200. The standard InChI is InChI=1S/C11H18O2/c1-9(8-11(12)13-2)10-6-4-3-5-7-10/h8,10H,3-7H2,1-2H3. The molecule has 2 nitrogen and oxygen atoms in total. The van der Waals surface area contributed by atoms with Crippen LogP contribution >= 0.6 is 0 Å². The first-order valence-corrected chi connectivity index (χ1v) is 5.00. The molecular weight excluding hydrogens is 164 g/mol. The molecule has 0 aromatic rings. The Balaban J connectivity index is 2.49. The quantitative estimate of drug-likeness (QED) is 0.485. The van der Waals surface area contributed by atoms with Crippen molar-refractivity contribution in [3.05, 3.63) is 11.6 Å². The Kier molecular flexibility index (Phi) is 4.00. The lowest BCUT2D eigenvalue weighted by atomic mass is 9.84. The number of methoxy groups -OCH3 is 1. The van der Waals surface area contributed by atoms with Crippen LogP contribution in [0.5, 0.6) is 0 Å². The van der Waals surface area contributed by atoms with E-state index >= 15 is 0 Å². The van der Waals surface area contributed by atoms with E-state index in [1.54, 1.807) is 6.08 Å². The van der Waals surface area contributed by atoms with Gasteiger partial charge in [-0.15, -0.1) is 0 Å². The number of hydrogen-bond donors (Lipinski definition) is 0. The molecule has 0 unspecified atom stereocenters. The third-order valence-corrected chi connectivity index (χ3v) is 2.80. The van der Waals surface area contributed by atoms with Crippen molar-refractivity contribution in [3.63, 3.8) is 0 Å². The maximum Gasteiger partial charge on any atom is 0.330 e. The molecule has 1 fully saturated rings. The highest BCUT2D eigenvalue weighted by molar-refractivity contribution is 5.82. The molecule has 0 amide bonds. The molecule has 1 saturated carbocycles. The summed E-state index contributed by atoms with van der Waals surface area (Å²) in [6, 6.07) is 0. The van der Waals surface area contributed by atoms with Crippen LogP contribution in [-0.2, 0) is 9.53 Å². The highest BCUT2D eigenvalue weighted by atomic mass is 16.5. The number of esters is 1. The van der Waals surface area contributed by atoms with Crippen molar-refractivity contribution in [1.82, 2.24) is 0 Å². The molecule has 1 rings (SSSR count). The van der Waals surface area contributed by atoms with Crippen LogP contribution in [0.3, 0.4) is 0 Å². The van der Waals surface area contributed by atoms with Gasteiger partial charge in [-0.05, 0) is 25.7 Å². The SMILES string of the molecule is COC(=O)C=C(C)C1CCCCC1. The largest absolute Gasteiger partial charge is 0.466 e. The van der Waals surface area contributed by atoms with Gasteiger partial charge in [0.25, 0.3) is 0 Å². The molecule has 1 aliphatic rings. The van der Waals surface area contributed by atoms with Gasteiger partial charge in [0.2, 0.25) is 0 Å². The van der Waals surface area contributed by atoms with E-state index in [1.807, 2.05) is 6.92 Å². The Labute approximate surface area is 80.0 Å². The molecular formula is C11H18O2. The van der Waals surface area contributed by atoms with Crippen LogP contribution in [0.4, 0.5) is 0 Å². The summed E-state index contributed by atoms with van der Waals surface area (Å²) in [5.74, 6) is 0.399. The molecule has 0 saturated heterocycles. The van der Waals surface area contributed by atoms with Crippen LogP contribution in [0.15, 0.2) is 11.6 Å². The van der Waals surface area contributed by atoms with Gasteiger partial charge in [0.1, 0.15) is 0 Å². The summed E-state index contributed by atoms with van der Waals surface area (Å²) in [4.78, 5) is 11.0. The van der Waals surface area contributed by atoms with Gasteiger partial charge in [-0.1, -0.05) is 24.8 Å². The summed E-state index contributed by atoms with van der Waals surface area (Å²) in [6.45, 7) is 2.03. The first-order chi connectivity index (χ1) is 6.24. The van der Waals surface area contributed by atoms with Crippen LogP contribution in [-0.4, -0.2) is 13.1 Å². The molecule has 1 aliphatic carbocycles. The van der Waals surface area contributed by atoms with Crippen molar-refractivity contribution >= 4 is 5.97 Å². The maximum absolute atomic E-state index is 11.0. The lowest BCUT2D eigenvalue weighted by Gasteiger charge is -2.21. The Hall–Kier alpha value is -0.790. The number of hydrogen-bond acceptors (Lipinski definition) is 2. The first kappa shape index (κ1) is 10.3. The zero-order valence-electron chi connectivity index (χ0n) is 8.51. The second-order valence-corrected chi connectivity index (χ2v) is 3.75. The molecule has 0 aromatic heterocycles. The van der Waals surface area contributed by atoms with E-state index in [0.29, 0.717) is 5.92 Å². The minimum Gasteiger partial charge on any atom is -0.466 e. The van der Waals surface area contributed by atoms with Gasteiger partial charge in [-0.25, -0.2) is 4.79 Å². The number of ether oxygens (including phenoxy) is 1. The third-order valence-electron chi connectivity index (χ3n) is 2.80. The van der Waals surface area contributed by atoms with Crippen molar-refractivity contribution in [2.24, 2.45) is 5.92 Å². The summed E-state index contributed by atoms with van der Waals surface area (Å²) < 4.78 is 4.60. The van der Waals surface area contributed by atoms with Gasteiger partial charge < -0.3 is 4.74 Å². The Morgan fingerprint density at radius 2 is 1.92 bits per heavy atom. The lowest BCUT2D eigenvalue weighted by molar-refractivity contribution is -0.134. The molecule has 0 radical (unpaired) electrons. The summed E-state index contributed by atoms with van der Waals surface area (Å²) in [6.07, 6.45) is 8.06. The molecule has 74 valence electrons. The number of carbonyl (C=O) groups is 1. The van der Waals surface area contributed by atoms with E-state index in [9.17, 15) is 4.79 Å². The monoisotopic (exact) mass is 182 g/mol. The van der Waals surface area contributed by atoms with Crippen molar-refractivity contribution in [2.75, 3.05) is 7.11 Å². The molecule has 0 atom stereocenters. The molecule has 2 heteroatoms. The van der Waals surface area contributed by atoms with Crippen molar-refractivity contribution in [3.8, 4) is 0 Å². The third kappa shape index (κ3) is 3.21. The number of allylic oxidation sites excluding steroid dienone is 1. The van der Waals surface area contributed by atoms with Crippen LogP contribution in [0.2, 0.25) is 0 Å². The van der Waals surface area contributed by atoms with E-state index in [-0.39, 0.29) is 5.97 Å². The predicted octanol–water partition coefficient (Wildman–Crippen LogP) is 2.69. The highest BCUT2D eigenvalue weighted by Crippen LogP contribution is 2.29. The summed E-state index contributed by atoms with van der Waals surface area (Å²) in [5, 5.41) is 0. The average molecular weight is 182 g/mol. The fourth-order valence-corrected chi connectivity index (χ4v) is 1.92. The number of rotatable bonds is 2. The van der Waals surface area contributed by atoms with Gasteiger partial charge in [0, 0.05) is 6.08 Å².